The molecule has 0 aromatic rings. The maximum atomic E-state index is 3.69. The van der Waals surface area contributed by atoms with E-state index in [2.05, 4.69) is 32.1 Å². The maximum absolute atomic E-state index is 3.69. The highest BCUT2D eigenvalue weighted by Crippen LogP contribution is 1.92. The van der Waals surface area contributed by atoms with Gasteiger partial charge in [0.05, 0.1) is 0 Å². The standard InChI is InChI=1S/C9H14/c1-3-5-7-9-8-6-4-2/h3,5-6,8H,1-2,4,7,9H2/b5-3+,8-6+. The van der Waals surface area contributed by atoms with Crippen molar-refractivity contribution in [2.75, 3.05) is 0 Å². The predicted octanol–water partition coefficient (Wildman–Crippen LogP) is 2.94. The molecule has 0 bridgehead atoms. The lowest BCUT2D eigenvalue weighted by molar-refractivity contribution is 1.04. The molecule has 50 valence electrons. The van der Waals surface area contributed by atoms with Crippen molar-refractivity contribution in [1.82, 2.24) is 0 Å². The van der Waals surface area contributed by atoms with Crippen molar-refractivity contribution in [3.8, 4) is 0 Å². The summed E-state index contributed by atoms with van der Waals surface area (Å²) < 4.78 is 0. The van der Waals surface area contributed by atoms with Crippen molar-refractivity contribution in [3.63, 3.8) is 0 Å². The molecule has 9 heavy (non-hydrogen) atoms. The van der Waals surface area contributed by atoms with Gasteiger partial charge in [-0.15, -0.1) is 0 Å². The van der Waals surface area contributed by atoms with E-state index in [0.717, 1.165) is 19.3 Å². The molecule has 0 unspecified atom stereocenters. The van der Waals surface area contributed by atoms with Crippen LogP contribution < -0.4 is 0 Å². The Bertz CT molecular complexity index is 88.2. The molecule has 2 radical (unpaired) electrons. The third-order valence-electron chi connectivity index (χ3n) is 1.00. The van der Waals surface area contributed by atoms with Gasteiger partial charge in [0, 0.05) is 0 Å². The van der Waals surface area contributed by atoms with Crippen LogP contribution >= 0.6 is 0 Å². The van der Waals surface area contributed by atoms with E-state index in [1.807, 2.05) is 6.08 Å². The monoisotopic (exact) mass is 122 g/mol. The molecular weight excluding hydrogens is 108 g/mol. The minimum Gasteiger partial charge on any atom is -0.0885 e. The summed E-state index contributed by atoms with van der Waals surface area (Å²) in [4.78, 5) is 0. The van der Waals surface area contributed by atoms with Gasteiger partial charge >= 0.3 is 0 Å². The smallest absolute Gasteiger partial charge is 0.0316 e. The first-order valence-electron chi connectivity index (χ1n) is 3.30. The second-order valence-corrected chi connectivity index (χ2v) is 1.81. The highest BCUT2D eigenvalue weighted by Gasteiger charge is 1.72. The van der Waals surface area contributed by atoms with Crippen molar-refractivity contribution in [2.45, 2.75) is 19.3 Å². The van der Waals surface area contributed by atoms with Crippen LogP contribution in [0.25, 0.3) is 0 Å². The highest BCUT2D eigenvalue weighted by atomic mass is 13.8. The fraction of sp³-hybridized carbons (Fsp3) is 0.333. The number of rotatable bonds is 4. The molecule has 0 aliphatic carbocycles. The van der Waals surface area contributed by atoms with Crippen LogP contribution in [0.1, 0.15) is 19.3 Å². The largest absolute Gasteiger partial charge is 0.0885 e. The Morgan fingerprint density at radius 2 is 1.67 bits per heavy atom. The van der Waals surface area contributed by atoms with E-state index in [1.165, 1.54) is 0 Å². The first-order chi connectivity index (χ1) is 4.41. The van der Waals surface area contributed by atoms with Crippen LogP contribution in [0.2, 0.25) is 0 Å². The molecule has 0 aromatic carbocycles. The van der Waals surface area contributed by atoms with Crippen molar-refractivity contribution in [2.24, 2.45) is 0 Å². The molecule has 0 heteroatoms. The van der Waals surface area contributed by atoms with Gasteiger partial charge in [-0.1, -0.05) is 24.3 Å². The van der Waals surface area contributed by atoms with Gasteiger partial charge in [0.2, 0.25) is 0 Å². The van der Waals surface area contributed by atoms with Crippen LogP contribution in [0.3, 0.4) is 0 Å². The number of hydrogen-bond donors (Lipinski definition) is 0. The molecule has 0 spiro atoms. The lowest BCUT2D eigenvalue weighted by Gasteiger charge is -1.83. The molecule has 0 N–H and O–H groups in total. The minimum atomic E-state index is 0.897. The average Bonchev–Trinajstić information content (AvgIpc) is 1.89. The fourth-order valence-electron chi connectivity index (χ4n) is 0.546. The molecule has 0 rings (SSSR count). The quantitative estimate of drug-likeness (QED) is 0.397. The van der Waals surface area contributed by atoms with Gasteiger partial charge in [0.1, 0.15) is 0 Å². The van der Waals surface area contributed by atoms with Crippen LogP contribution in [0.15, 0.2) is 24.3 Å². The lowest BCUT2D eigenvalue weighted by atomic mass is 10.2. The Morgan fingerprint density at radius 1 is 1.00 bits per heavy atom. The van der Waals surface area contributed by atoms with Crippen LogP contribution in [-0.4, -0.2) is 0 Å². The molecule has 0 aromatic heterocycles. The average molecular weight is 122 g/mol. The Balaban J connectivity index is 2.99. The number of allylic oxidation sites excluding steroid dienone is 4. The van der Waals surface area contributed by atoms with Gasteiger partial charge in [-0.3, -0.25) is 0 Å². The molecular formula is C9H14. The zero-order chi connectivity index (χ0) is 6.95. The summed E-state index contributed by atoms with van der Waals surface area (Å²) in [6.07, 6.45) is 11.2. The minimum absolute atomic E-state index is 0.897. The van der Waals surface area contributed by atoms with E-state index in [9.17, 15) is 0 Å². The zero-order valence-corrected chi connectivity index (χ0v) is 5.84. The Hall–Kier alpha value is -0.520. The molecule has 0 aliphatic rings. The van der Waals surface area contributed by atoms with Gasteiger partial charge < -0.3 is 0 Å². The Morgan fingerprint density at radius 3 is 2.22 bits per heavy atom. The van der Waals surface area contributed by atoms with Gasteiger partial charge in [0.25, 0.3) is 0 Å². The van der Waals surface area contributed by atoms with E-state index >= 15 is 0 Å². The molecule has 0 fully saturated rings. The third-order valence-corrected chi connectivity index (χ3v) is 1.00. The SMILES string of the molecule is [CH2]/C=C/CC/C=C/C[CH2]. The number of hydrogen-bond acceptors (Lipinski definition) is 0. The first kappa shape index (κ1) is 8.48. The van der Waals surface area contributed by atoms with Crippen LogP contribution in [0.5, 0.6) is 0 Å². The highest BCUT2D eigenvalue weighted by molar-refractivity contribution is 4.89. The van der Waals surface area contributed by atoms with E-state index in [4.69, 9.17) is 0 Å². The first-order valence-corrected chi connectivity index (χ1v) is 3.30. The van der Waals surface area contributed by atoms with Gasteiger partial charge in [-0.05, 0) is 33.1 Å². The van der Waals surface area contributed by atoms with Gasteiger partial charge in [-0.25, -0.2) is 0 Å². The second-order valence-electron chi connectivity index (χ2n) is 1.81. The summed E-state index contributed by atoms with van der Waals surface area (Å²) >= 11 is 0. The van der Waals surface area contributed by atoms with Crippen molar-refractivity contribution < 1.29 is 0 Å². The summed E-state index contributed by atoms with van der Waals surface area (Å²) in [6.45, 7) is 7.27. The van der Waals surface area contributed by atoms with E-state index < -0.39 is 0 Å². The third kappa shape index (κ3) is 7.48. The molecule has 0 saturated carbocycles. The molecule has 0 heterocycles. The Kier molecular flexibility index (Phi) is 7.05. The van der Waals surface area contributed by atoms with E-state index in [0.29, 0.717) is 0 Å². The zero-order valence-electron chi connectivity index (χ0n) is 5.84. The molecule has 0 amide bonds. The fourth-order valence-corrected chi connectivity index (χ4v) is 0.546. The molecule has 0 saturated heterocycles. The molecule has 0 nitrogen and oxygen atoms in total. The van der Waals surface area contributed by atoms with Gasteiger partial charge in [0.15, 0.2) is 0 Å². The topological polar surface area (TPSA) is 0 Å². The van der Waals surface area contributed by atoms with Gasteiger partial charge in [-0.2, -0.15) is 0 Å². The van der Waals surface area contributed by atoms with Crippen molar-refractivity contribution >= 4 is 0 Å². The van der Waals surface area contributed by atoms with Crippen molar-refractivity contribution in [3.05, 3.63) is 38.2 Å². The number of unbranched alkanes of at least 4 members (excludes halogenated alkanes) is 1. The Labute approximate surface area is 58.3 Å². The molecule has 0 aliphatic heterocycles. The lowest BCUT2D eigenvalue weighted by Crippen LogP contribution is -1.62. The van der Waals surface area contributed by atoms with Crippen LogP contribution in [0, 0.1) is 13.8 Å². The summed E-state index contributed by atoms with van der Waals surface area (Å²) in [5.41, 5.74) is 0. The van der Waals surface area contributed by atoms with Crippen LogP contribution in [-0.2, 0) is 0 Å². The predicted molar refractivity (Wildman–Crippen MR) is 42.8 cm³/mol. The molecule has 0 atom stereocenters. The summed E-state index contributed by atoms with van der Waals surface area (Å²) in [7, 11) is 0. The summed E-state index contributed by atoms with van der Waals surface area (Å²) in [5, 5.41) is 0. The summed E-state index contributed by atoms with van der Waals surface area (Å²) in [5.74, 6) is 0. The van der Waals surface area contributed by atoms with Crippen LogP contribution in [0.4, 0.5) is 0 Å². The van der Waals surface area contributed by atoms with Crippen molar-refractivity contribution in [1.29, 1.82) is 0 Å². The normalized spacial score (nSPS) is 11.8. The summed E-state index contributed by atoms with van der Waals surface area (Å²) in [6, 6.07) is 0. The maximum Gasteiger partial charge on any atom is -0.0316 e. The van der Waals surface area contributed by atoms with E-state index in [1.54, 1.807) is 0 Å². The second kappa shape index (κ2) is 7.48. The van der Waals surface area contributed by atoms with E-state index in [-0.39, 0.29) is 0 Å².